The van der Waals surface area contributed by atoms with E-state index in [1.165, 1.54) is 11.0 Å². The summed E-state index contributed by atoms with van der Waals surface area (Å²) in [6.07, 6.45) is -3.08. The fourth-order valence-corrected chi connectivity index (χ4v) is 2.69. The number of alkyl halides is 3. The third-order valence-corrected chi connectivity index (χ3v) is 4.00. The van der Waals surface area contributed by atoms with E-state index in [9.17, 15) is 22.8 Å². The summed E-state index contributed by atoms with van der Waals surface area (Å²) in [5.41, 5.74) is -0.585. The van der Waals surface area contributed by atoms with Gasteiger partial charge in [0, 0.05) is 18.2 Å². The number of carbonyl (C=O) groups is 2. The highest BCUT2D eigenvalue weighted by molar-refractivity contribution is 5.97. The molecule has 0 aromatic heterocycles. The molecule has 3 atom stereocenters. The van der Waals surface area contributed by atoms with Gasteiger partial charge in [-0.25, -0.2) is 4.79 Å². The first-order valence-corrected chi connectivity index (χ1v) is 6.58. The van der Waals surface area contributed by atoms with Crippen LogP contribution < -0.4 is 5.32 Å². The van der Waals surface area contributed by atoms with Gasteiger partial charge in [0.25, 0.3) is 0 Å². The Kier molecular flexibility index (Phi) is 3.80. The molecule has 7 heteroatoms. The number of halogens is 3. The van der Waals surface area contributed by atoms with Crippen LogP contribution in [-0.2, 0) is 4.79 Å². The maximum atomic E-state index is 12.8. The van der Waals surface area contributed by atoms with E-state index in [2.05, 4.69) is 5.32 Å². The van der Waals surface area contributed by atoms with Gasteiger partial charge >= 0.3 is 12.2 Å². The molecule has 2 rings (SSSR count). The Bertz CT molecular complexity index is 459. The zero-order valence-electron chi connectivity index (χ0n) is 11.3. The minimum Gasteiger partial charge on any atom is -0.320 e. The van der Waals surface area contributed by atoms with E-state index in [1.54, 1.807) is 6.92 Å². The SMILES string of the molecule is CC1CN(C2CC(C(F)(F)F)=CCC2C)C(=O)NC1=O. The number of hydrogen-bond donors (Lipinski definition) is 1. The smallest absolute Gasteiger partial charge is 0.320 e. The lowest BCUT2D eigenvalue weighted by atomic mass is 9.84. The van der Waals surface area contributed by atoms with Crippen molar-refractivity contribution in [1.29, 1.82) is 0 Å². The average molecular weight is 290 g/mol. The Morgan fingerprint density at radius 1 is 1.30 bits per heavy atom. The lowest BCUT2D eigenvalue weighted by Crippen LogP contribution is -2.58. The van der Waals surface area contributed by atoms with Crippen LogP contribution in [0, 0.1) is 11.8 Å². The summed E-state index contributed by atoms with van der Waals surface area (Å²) in [4.78, 5) is 24.6. The van der Waals surface area contributed by atoms with Crippen LogP contribution in [0.5, 0.6) is 0 Å². The van der Waals surface area contributed by atoms with Crippen molar-refractivity contribution in [3.05, 3.63) is 11.6 Å². The zero-order valence-corrected chi connectivity index (χ0v) is 11.3. The van der Waals surface area contributed by atoms with E-state index >= 15 is 0 Å². The van der Waals surface area contributed by atoms with Crippen LogP contribution in [0.3, 0.4) is 0 Å². The molecule has 1 fully saturated rings. The molecule has 0 aromatic carbocycles. The van der Waals surface area contributed by atoms with Gasteiger partial charge in [-0.15, -0.1) is 0 Å². The van der Waals surface area contributed by atoms with Gasteiger partial charge in [0.2, 0.25) is 5.91 Å². The summed E-state index contributed by atoms with van der Waals surface area (Å²) in [6.45, 7) is 3.65. The second-order valence-electron chi connectivity index (χ2n) is 5.56. The van der Waals surface area contributed by atoms with E-state index in [-0.39, 0.29) is 31.2 Å². The van der Waals surface area contributed by atoms with Crippen LogP contribution in [0.25, 0.3) is 0 Å². The molecular weight excluding hydrogens is 273 g/mol. The zero-order chi connectivity index (χ0) is 15.1. The fraction of sp³-hybridized carbons (Fsp3) is 0.692. The van der Waals surface area contributed by atoms with Crippen LogP contribution in [0.2, 0.25) is 0 Å². The molecule has 20 heavy (non-hydrogen) atoms. The van der Waals surface area contributed by atoms with Crippen LogP contribution in [0.1, 0.15) is 26.7 Å². The van der Waals surface area contributed by atoms with Crippen LogP contribution >= 0.6 is 0 Å². The molecule has 1 heterocycles. The van der Waals surface area contributed by atoms with E-state index < -0.39 is 29.7 Å². The maximum absolute atomic E-state index is 12.8. The van der Waals surface area contributed by atoms with Gasteiger partial charge in [-0.3, -0.25) is 10.1 Å². The molecule has 1 saturated heterocycles. The van der Waals surface area contributed by atoms with Gasteiger partial charge in [0.15, 0.2) is 0 Å². The first kappa shape index (κ1) is 14.9. The number of allylic oxidation sites excluding steroid dienone is 1. The summed E-state index contributed by atoms with van der Waals surface area (Å²) in [7, 11) is 0. The van der Waals surface area contributed by atoms with Gasteiger partial charge in [-0.05, 0) is 18.8 Å². The molecule has 0 saturated carbocycles. The average Bonchev–Trinajstić information content (AvgIpc) is 2.33. The predicted octanol–water partition coefficient (Wildman–Crippen LogP) is 2.46. The molecule has 1 aliphatic heterocycles. The quantitative estimate of drug-likeness (QED) is 0.754. The number of carbonyl (C=O) groups excluding carboxylic acids is 2. The van der Waals surface area contributed by atoms with Crippen molar-refractivity contribution < 1.29 is 22.8 Å². The highest BCUT2D eigenvalue weighted by Gasteiger charge is 2.42. The third-order valence-electron chi connectivity index (χ3n) is 4.00. The van der Waals surface area contributed by atoms with Crippen LogP contribution in [-0.4, -0.2) is 35.6 Å². The topological polar surface area (TPSA) is 49.4 Å². The van der Waals surface area contributed by atoms with Crippen molar-refractivity contribution in [2.45, 2.75) is 38.9 Å². The number of hydrogen-bond acceptors (Lipinski definition) is 2. The van der Waals surface area contributed by atoms with Crippen molar-refractivity contribution in [3.63, 3.8) is 0 Å². The van der Waals surface area contributed by atoms with Gasteiger partial charge in [0.05, 0.1) is 5.92 Å². The summed E-state index contributed by atoms with van der Waals surface area (Å²) < 4.78 is 38.4. The first-order chi connectivity index (χ1) is 9.20. The van der Waals surface area contributed by atoms with Crippen molar-refractivity contribution >= 4 is 11.9 Å². The number of nitrogens with one attached hydrogen (secondary N) is 1. The molecule has 0 radical (unpaired) electrons. The van der Waals surface area contributed by atoms with E-state index in [4.69, 9.17) is 0 Å². The molecule has 0 aromatic rings. The number of urea groups is 1. The molecule has 0 spiro atoms. The van der Waals surface area contributed by atoms with Gasteiger partial charge < -0.3 is 4.90 Å². The second kappa shape index (κ2) is 5.10. The predicted molar refractivity (Wildman–Crippen MR) is 65.7 cm³/mol. The van der Waals surface area contributed by atoms with Gasteiger partial charge in [0.1, 0.15) is 0 Å². The molecule has 3 unspecified atom stereocenters. The number of nitrogens with zero attached hydrogens (tertiary/aromatic N) is 1. The highest BCUT2D eigenvalue weighted by Crippen LogP contribution is 2.37. The summed E-state index contributed by atoms with van der Waals surface area (Å²) >= 11 is 0. The van der Waals surface area contributed by atoms with Crippen molar-refractivity contribution in [2.24, 2.45) is 11.8 Å². The molecule has 3 amide bonds. The Labute approximate surface area is 115 Å². The molecule has 0 bridgehead atoms. The largest absolute Gasteiger partial charge is 0.412 e. The van der Waals surface area contributed by atoms with E-state index in [0.29, 0.717) is 0 Å². The normalized spacial score (nSPS) is 31.9. The lowest BCUT2D eigenvalue weighted by molar-refractivity contribution is -0.126. The maximum Gasteiger partial charge on any atom is 0.412 e. The standard InChI is InChI=1S/C13H17F3N2O2/c1-7-3-4-9(13(14,15)16)5-10(7)18-6-8(2)11(19)17-12(18)20/h4,7-8,10H,3,5-6H2,1-2H3,(H,17,19,20). The number of rotatable bonds is 1. The summed E-state index contributed by atoms with van der Waals surface area (Å²) in [5.74, 6) is -0.839. The lowest BCUT2D eigenvalue weighted by Gasteiger charge is -2.41. The van der Waals surface area contributed by atoms with Crippen LogP contribution in [0.4, 0.5) is 18.0 Å². The first-order valence-electron chi connectivity index (χ1n) is 6.58. The molecule has 2 aliphatic rings. The minimum atomic E-state index is -4.36. The van der Waals surface area contributed by atoms with Crippen molar-refractivity contribution in [3.8, 4) is 0 Å². The van der Waals surface area contributed by atoms with Crippen LogP contribution in [0.15, 0.2) is 11.6 Å². The highest BCUT2D eigenvalue weighted by atomic mass is 19.4. The van der Waals surface area contributed by atoms with Gasteiger partial charge in [-0.1, -0.05) is 19.9 Å². The third kappa shape index (κ3) is 2.81. The fourth-order valence-electron chi connectivity index (χ4n) is 2.69. The minimum absolute atomic E-state index is 0.0627. The van der Waals surface area contributed by atoms with E-state index in [1.807, 2.05) is 6.92 Å². The summed E-state index contributed by atoms with van der Waals surface area (Å²) in [5, 5.41) is 2.20. The molecule has 1 N–H and O–H groups in total. The Hall–Kier alpha value is -1.53. The summed E-state index contributed by atoms with van der Waals surface area (Å²) in [6, 6.07) is -1.11. The van der Waals surface area contributed by atoms with Gasteiger partial charge in [-0.2, -0.15) is 13.2 Å². The number of amides is 3. The Morgan fingerprint density at radius 2 is 1.95 bits per heavy atom. The second-order valence-corrected chi connectivity index (χ2v) is 5.56. The Balaban J connectivity index is 2.18. The van der Waals surface area contributed by atoms with Crippen molar-refractivity contribution in [1.82, 2.24) is 10.2 Å². The van der Waals surface area contributed by atoms with E-state index in [0.717, 1.165) is 0 Å². The molecule has 1 aliphatic carbocycles. The molecule has 4 nitrogen and oxygen atoms in total. The number of imide groups is 1. The molecule has 112 valence electrons. The van der Waals surface area contributed by atoms with Crippen molar-refractivity contribution in [2.75, 3.05) is 6.54 Å². The Morgan fingerprint density at radius 3 is 2.55 bits per heavy atom. The molecular formula is C13H17F3N2O2. The monoisotopic (exact) mass is 290 g/mol.